The molecule has 0 radical (unpaired) electrons. The Balaban J connectivity index is 2.02. The molecule has 0 aromatic carbocycles. The van der Waals surface area contributed by atoms with E-state index in [1.807, 2.05) is 14.0 Å². The highest BCUT2D eigenvalue weighted by Gasteiger charge is 2.27. The molecule has 130 valence electrons. The van der Waals surface area contributed by atoms with Crippen molar-refractivity contribution in [2.75, 3.05) is 32.8 Å². The summed E-state index contributed by atoms with van der Waals surface area (Å²) in [4.78, 5) is 14.9. The number of aromatic nitrogens is 2. The van der Waals surface area contributed by atoms with Crippen LogP contribution in [0.25, 0.3) is 0 Å². The third kappa shape index (κ3) is 4.32. The number of hydrogen-bond donors (Lipinski definition) is 1. The number of amides is 1. The van der Waals surface area contributed by atoms with Crippen molar-refractivity contribution in [3.05, 3.63) is 17.5 Å². The molecule has 6 nitrogen and oxygen atoms in total. The summed E-state index contributed by atoms with van der Waals surface area (Å²) in [5.74, 6) is 0.559. The minimum Gasteiger partial charge on any atom is -0.379 e. The predicted octanol–water partition coefficient (Wildman–Crippen LogP) is 1.60. The first-order valence-electron chi connectivity index (χ1n) is 8.67. The van der Waals surface area contributed by atoms with Crippen molar-refractivity contribution >= 4 is 5.91 Å². The zero-order valence-corrected chi connectivity index (χ0v) is 14.8. The second-order valence-corrected chi connectivity index (χ2v) is 6.27. The summed E-state index contributed by atoms with van der Waals surface area (Å²) in [6.07, 6.45) is 3.90. The Bertz CT molecular complexity index is 505. The summed E-state index contributed by atoms with van der Waals surface area (Å²) in [7, 11) is 1.85. The standard InChI is InChI=1S/C17H30N4O2/c1-5-14(6-2)16(21-7-9-23-10-8-21)12-18-17(22)15-11-19-20(4)13(15)3/h11,14,16H,5-10,12H2,1-4H3,(H,18,22). The van der Waals surface area contributed by atoms with Crippen molar-refractivity contribution in [3.63, 3.8) is 0 Å². The Hall–Kier alpha value is -1.40. The highest BCUT2D eigenvalue weighted by atomic mass is 16.5. The average molecular weight is 322 g/mol. The van der Waals surface area contributed by atoms with E-state index in [-0.39, 0.29) is 5.91 Å². The quantitative estimate of drug-likeness (QED) is 0.828. The van der Waals surface area contributed by atoms with Crippen LogP contribution in [0, 0.1) is 12.8 Å². The van der Waals surface area contributed by atoms with Gasteiger partial charge in [0, 0.05) is 38.4 Å². The van der Waals surface area contributed by atoms with Gasteiger partial charge in [-0.05, 0) is 12.8 Å². The topological polar surface area (TPSA) is 59.4 Å². The molecule has 0 aliphatic carbocycles. The van der Waals surface area contributed by atoms with Gasteiger partial charge in [-0.25, -0.2) is 0 Å². The summed E-state index contributed by atoms with van der Waals surface area (Å²) in [5.41, 5.74) is 1.56. The van der Waals surface area contributed by atoms with Crippen LogP contribution in [0.1, 0.15) is 42.7 Å². The van der Waals surface area contributed by atoms with Gasteiger partial charge in [-0.1, -0.05) is 26.7 Å². The molecule has 1 aliphatic rings. The minimum absolute atomic E-state index is 0.0279. The molecule has 1 atom stereocenters. The first-order valence-corrected chi connectivity index (χ1v) is 8.67. The number of morpholine rings is 1. The van der Waals surface area contributed by atoms with Gasteiger partial charge in [0.25, 0.3) is 5.91 Å². The van der Waals surface area contributed by atoms with E-state index < -0.39 is 0 Å². The minimum atomic E-state index is -0.0279. The van der Waals surface area contributed by atoms with E-state index in [0.29, 0.717) is 24.1 Å². The second kappa shape index (κ2) is 8.45. The van der Waals surface area contributed by atoms with Crippen LogP contribution in [0.2, 0.25) is 0 Å². The van der Waals surface area contributed by atoms with Crippen molar-refractivity contribution in [2.45, 2.75) is 39.7 Å². The van der Waals surface area contributed by atoms with Gasteiger partial charge in [0.05, 0.1) is 25.0 Å². The molecule has 2 heterocycles. The van der Waals surface area contributed by atoms with Gasteiger partial charge in [-0.2, -0.15) is 5.10 Å². The molecule has 6 heteroatoms. The number of rotatable bonds is 7. The van der Waals surface area contributed by atoms with Crippen LogP contribution < -0.4 is 5.32 Å². The maximum atomic E-state index is 12.5. The maximum absolute atomic E-state index is 12.5. The molecule has 1 saturated heterocycles. The van der Waals surface area contributed by atoms with E-state index in [0.717, 1.165) is 44.8 Å². The van der Waals surface area contributed by atoms with Crippen molar-refractivity contribution in [1.29, 1.82) is 0 Å². The largest absolute Gasteiger partial charge is 0.379 e. The summed E-state index contributed by atoms with van der Waals surface area (Å²) >= 11 is 0. The highest BCUT2D eigenvalue weighted by molar-refractivity contribution is 5.95. The van der Waals surface area contributed by atoms with Crippen LogP contribution in [-0.2, 0) is 11.8 Å². The zero-order valence-electron chi connectivity index (χ0n) is 14.8. The van der Waals surface area contributed by atoms with Crippen LogP contribution in [0.3, 0.4) is 0 Å². The van der Waals surface area contributed by atoms with Crippen LogP contribution in [0.15, 0.2) is 6.20 Å². The SMILES string of the molecule is CCC(CC)C(CNC(=O)c1cnn(C)c1C)N1CCOCC1. The van der Waals surface area contributed by atoms with Gasteiger partial charge in [0.1, 0.15) is 0 Å². The van der Waals surface area contributed by atoms with E-state index >= 15 is 0 Å². The van der Waals surface area contributed by atoms with Crippen LogP contribution in [-0.4, -0.2) is 59.5 Å². The predicted molar refractivity (Wildman–Crippen MR) is 90.5 cm³/mol. The van der Waals surface area contributed by atoms with E-state index in [9.17, 15) is 4.79 Å². The fourth-order valence-electron chi connectivity index (χ4n) is 3.35. The van der Waals surface area contributed by atoms with Crippen LogP contribution in [0.5, 0.6) is 0 Å². The lowest BCUT2D eigenvalue weighted by Gasteiger charge is -2.38. The lowest BCUT2D eigenvalue weighted by Crippen LogP contribution is -2.52. The average Bonchev–Trinajstić information content (AvgIpc) is 2.91. The monoisotopic (exact) mass is 322 g/mol. The van der Waals surface area contributed by atoms with Gasteiger partial charge in [0.2, 0.25) is 0 Å². The normalized spacial score (nSPS) is 17.4. The fraction of sp³-hybridized carbons (Fsp3) is 0.765. The van der Waals surface area contributed by atoms with Gasteiger partial charge in [-0.15, -0.1) is 0 Å². The molecule has 2 rings (SSSR count). The van der Waals surface area contributed by atoms with E-state index in [4.69, 9.17) is 4.74 Å². The first kappa shape index (κ1) is 17.9. The summed E-state index contributed by atoms with van der Waals surface area (Å²) in [6.45, 7) is 10.5. The van der Waals surface area contributed by atoms with Gasteiger partial charge in [0.15, 0.2) is 0 Å². The number of hydrogen-bond acceptors (Lipinski definition) is 4. The lowest BCUT2D eigenvalue weighted by atomic mass is 9.92. The maximum Gasteiger partial charge on any atom is 0.254 e. The Morgan fingerprint density at radius 3 is 2.52 bits per heavy atom. The van der Waals surface area contributed by atoms with Crippen molar-refractivity contribution < 1.29 is 9.53 Å². The van der Waals surface area contributed by atoms with Crippen molar-refractivity contribution in [1.82, 2.24) is 20.0 Å². The molecule has 1 aromatic heterocycles. The summed E-state index contributed by atoms with van der Waals surface area (Å²) in [6, 6.07) is 0.370. The van der Waals surface area contributed by atoms with Crippen LogP contribution in [0.4, 0.5) is 0 Å². The molecule has 0 saturated carbocycles. The number of ether oxygens (including phenoxy) is 1. The Morgan fingerprint density at radius 2 is 2.00 bits per heavy atom. The number of aryl methyl sites for hydroxylation is 1. The van der Waals surface area contributed by atoms with Crippen molar-refractivity contribution in [3.8, 4) is 0 Å². The van der Waals surface area contributed by atoms with E-state index in [1.54, 1.807) is 10.9 Å². The van der Waals surface area contributed by atoms with Crippen LogP contribution >= 0.6 is 0 Å². The molecule has 23 heavy (non-hydrogen) atoms. The van der Waals surface area contributed by atoms with Gasteiger partial charge in [-0.3, -0.25) is 14.4 Å². The number of nitrogens with one attached hydrogen (secondary N) is 1. The number of carbonyl (C=O) groups is 1. The molecule has 0 spiro atoms. The molecule has 1 unspecified atom stereocenters. The molecule has 1 fully saturated rings. The van der Waals surface area contributed by atoms with E-state index in [1.165, 1.54) is 0 Å². The first-order chi connectivity index (χ1) is 11.1. The Labute approximate surface area is 139 Å². The second-order valence-electron chi connectivity index (χ2n) is 6.27. The fourth-order valence-corrected chi connectivity index (χ4v) is 3.35. The van der Waals surface area contributed by atoms with E-state index in [2.05, 4.69) is 29.2 Å². The number of nitrogens with zero attached hydrogens (tertiary/aromatic N) is 3. The lowest BCUT2D eigenvalue weighted by molar-refractivity contribution is 0.00191. The molecule has 1 aromatic rings. The molecule has 1 aliphatic heterocycles. The number of carbonyl (C=O) groups excluding carboxylic acids is 1. The highest BCUT2D eigenvalue weighted by Crippen LogP contribution is 2.20. The van der Waals surface area contributed by atoms with Gasteiger partial charge < -0.3 is 10.1 Å². The van der Waals surface area contributed by atoms with Crippen molar-refractivity contribution in [2.24, 2.45) is 13.0 Å². The Morgan fingerprint density at radius 1 is 1.35 bits per heavy atom. The van der Waals surface area contributed by atoms with Gasteiger partial charge >= 0.3 is 0 Å². The third-order valence-corrected chi connectivity index (χ3v) is 5.06. The zero-order chi connectivity index (χ0) is 16.8. The summed E-state index contributed by atoms with van der Waals surface area (Å²) in [5, 5.41) is 7.28. The smallest absolute Gasteiger partial charge is 0.254 e. The third-order valence-electron chi connectivity index (χ3n) is 5.06. The molecule has 1 N–H and O–H groups in total. The molecular weight excluding hydrogens is 292 g/mol. The Kier molecular flexibility index (Phi) is 6.59. The molecule has 0 bridgehead atoms. The molecule has 1 amide bonds. The molecular formula is C17H30N4O2. The summed E-state index contributed by atoms with van der Waals surface area (Å²) < 4.78 is 7.20.